The maximum atomic E-state index is 12.0. The lowest BCUT2D eigenvalue weighted by Gasteiger charge is -2.32. The number of likely N-dealkylation sites (tertiary alicyclic amines) is 1. The summed E-state index contributed by atoms with van der Waals surface area (Å²) in [7, 11) is 0. The van der Waals surface area contributed by atoms with Gasteiger partial charge in [-0.3, -0.25) is 14.4 Å². The van der Waals surface area contributed by atoms with Crippen molar-refractivity contribution in [2.45, 2.75) is 19.3 Å². The highest BCUT2D eigenvalue weighted by molar-refractivity contribution is 8.00. The second kappa shape index (κ2) is 6.27. The molecule has 1 N–H and O–H groups in total. The average Bonchev–Trinajstić information content (AvgIpc) is 2.75. The third-order valence-electron chi connectivity index (χ3n) is 3.58. The van der Waals surface area contributed by atoms with Gasteiger partial charge in [-0.1, -0.05) is 0 Å². The summed E-state index contributed by atoms with van der Waals surface area (Å²) in [5, 5.41) is 8.73. The Morgan fingerprint density at radius 3 is 2.53 bits per heavy atom. The highest BCUT2D eigenvalue weighted by atomic mass is 32.2. The van der Waals surface area contributed by atoms with Gasteiger partial charge in [0.15, 0.2) is 0 Å². The van der Waals surface area contributed by atoms with Gasteiger partial charge < -0.3 is 14.9 Å². The third kappa shape index (κ3) is 3.86. The number of hydrogen-bond donors (Lipinski definition) is 1. The van der Waals surface area contributed by atoms with Crippen LogP contribution in [0.15, 0.2) is 0 Å². The zero-order valence-electron chi connectivity index (χ0n) is 10.7. The zero-order valence-corrected chi connectivity index (χ0v) is 11.5. The van der Waals surface area contributed by atoms with Crippen molar-refractivity contribution in [1.82, 2.24) is 9.80 Å². The van der Waals surface area contributed by atoms with Gasteiger partial charge in [-0.15, -0.1) is 11.8 Å². The second-order valence-corrected chi connectivity index (χ2v) is 5.95. The van der Waals surface area contributed by atoms with Crippen molar-refractivity contribution in [2.24, 2.45) is 5.92 Å². The molecule has 0 unspecified atom stereocenters. The largest absolute Gasteiger partial charge is 0.481 e. The van der Waals surface area contributed by atoms with Crippen LogP contribution >= 0.6 is 11.8 Å². The minimum absolute atomic E-state index is 0.0235. The molecule has 0 aromatic heterocycles. The SMILES string of the molecule is O=C(O)CC1CCN(C(=O)CN2CSCC2=O)CC1. The van der Waals surface area contributed by atoms with Crippen LogP contribution in [-0.4, -0.2) is 64.0 Å². The molecule has 0 bridgehead atoms. The van der Waals surface area contributed by atoms with Gasteiger partial charge in [-0.25, -0.2) is 0 Å². The Kier molecular flexibility index (Phi) is 4.68. The number of thioether (sulfide) groups is 1. The number of carboxylic acids is 1. The van der Waals surface area contributed by atoms with Crippen LogP contribution in [0.3, 0.4) is 0 Å². The molecule has 2 saturated heterocycles. The van der Waals surface area contributed by atoms with Gasteiger partial charge >= 0.3 is 5.97 Å². The molecular weight excluding hydrogens is 268 g/mol. The van der Waals surface area contributed by atoms with Crippen LogP contribution in [0.5, 0.6) is 0 Å². The van der Waals surface area contributed by atoms with E-state index in [1.807, 2.05) is 0 Å². The molecule has 2 rings (SSSR count). The summed E-state index contributed by atoms with van der Waals surface area (Å²) < 4.78 is 0. The van der Waals surface area contributed by atoms with Crippen molar-refractivity contribution in [1.29, 1.82) is 0 Å². The lowest BCUT2D eigenvalue weighted by atomic mass is 9.93. The lowest BCUT2D eigenvalue weighted by Crippen LogP contribution is -2.44. The van der Waals surface area contributed by atoms with E-state index in [0.29, 0.717) is 24.7 Å². The van der Waals surface area contributed by atoms with Crippen molar-refractivity contribution < 1.29 is 19.5 Å². The molecule has 2 heterocycles. The van der Waals surface area contributed by atoms with Crippen LogP contribution in [-0.2, 0) is 14.4 Å². The van der Waals surface area contributed by atoms with E-state index in [0.717, 1.165) is 12.8 Å². The van der Waals surface area contributed by atoms with E-state index < -0.39 is 5.97 Å². The van der Waals surface area contributed by atoms with E-state index in [9.17, 15) is 14.4 Å². The molecule has 0 atom stereocenters. The van der Waals surface area contributed by atoms with Gasteiger partial charge in [0, 0.05) is 19.5 Å². The van der Waals surface area contributed by atoms with Crippen LogP contribution in [0.2, 0.25) is 0 Å². The Morgan fingerprint density at radius 1 is 1.32 bits per heavy atom. The summed E-state index contributed by atoms with van der Waals surface area (Å²) in [5.74, 6) is 0.465. The number of amides is 2. The fraction of sp³-hybridized carbons (Fsp3) is 0.750. The molecule has 2 fully saturated rings. The molecule has 2 aliphatic heterocycles. The molecule has 106 valence electrons. The van der Waals surface area contributed by atoms with Crippen molar-refractivity contribution in [3.8, 4) is 0 Å². The van der Waals surface area contributed by atoms with E-state index in [2.05, 4.69) is 0 Å². The maximum absolute atomic E-state index is 12.0. The first-order valence-corrected chi connectivity index (χ1v) is 7.57. The molecule has 2 aliphatic rings. The fourth-order valence-electron chi connectivity index (χ4n) is 2.44. The van der Waals surface area contributed by atoms with Crippen molar-refractivity contribution in [3.63, 3.8) is 0 Å². The number of carbonyl (C=O) groups excluding carboxylic acids is 2. The van der Waals surface area contributed by atoms with E-state index in [-0.39, 0.29) is 30.7 Å². The summed E-state index contributed by atoms with van der Waals surface area (Å²) in [6, 6.07) is 0. The van der Waals surface area contributed by atoms with Crippen LogP contribution < -0.4 is 0 Å². The molecule has 0 saturated carbocycles. The number of rotatable bonds is 4. The maximum Gasteiger partial charge on any atom is 0.303 e. The Morgan fingerprint density at radius 2 is 2.00 bits per heavy atom. The van der Waals surface area contributed by atoms with Crippen LogP contribution in [0, 0.1) is 5.92 Å². The molecule has 19 heavy (non-hydrogen) atoms. The van der Waals surface area contributed by atoms with Crippen molar-refractivity contribution in [2.75, 3.05) is 31.3 Å². The fourth-order valence-corrected chi connectivity index (χ4v) is 3.34. The van der Waals surface area contributed by atoms with Gasteiger partial charge in [0.05, 0.1) is 11.6 Å². The van der Waals surface area contributed by atoms with Crippen LogP contribution in [0.4, 0.5) is 0 Å². The first-order valence-electron chi connectivity index (χ1n) is 6.41. The molecule has 0 radical (unpaired) electrons. The second-order valence-electron chi connectivity index (χ2n) is 4.99. The molecule has 0 spiro atoms. The summed E-state index contributed by atoms with van der Waals surface area (Å²) in [6.45, 7) is 1.37. The number of carboxylic acid groups (broad SMARTS) is 1. The van der Waals surface area contributed by atoms with Gasteiger partial charge in [-0.2, -0.15) is 0 Å². The number of hydrogen-bond acceptors (Lipinski definition) is 4. The van der Waals surface area contributed by atoms with E-state index >= 15 is 0 Å². The first kappa shape index (κ1) is 14.2. The zero-order chi connectivity index (χ0) is 13.8. The van der Waals surface area contributed by atoms with E-state index in [1.165, 1.54) is 11.8 Å². The quantitative estimate of drug-likeness (QED) is 0.800. The predicted octanol–water partition coefficient (Wildman–Crippen LogP) is 0.233. The molecule has 6 nitrogen and oxygen atoms in total. The summed E-state index contributed by atoms with van der Waals surface area (Å²) in [4.78, 5) is 37.4. The van der Waals surface area contributed by atoms with Crippen LogP contribution in [0.25, 0.3) is 0 Å². The topological polar surface area (TPSA) is 77.9 Å². The number of piperidine rings is 1. The van der Waals surface area contributed by atoms with Gasteiger partial charge in [-0.05, 0) is 18.8 Å². The molecule has 2 amide bonds. The van der Waals surface area contributed by atoms with Crippen molar-refractivity contribution in [3.05, 3.63) is 0 Å². The minimum atomic E-state index is -0.774. The monoisotopic (exact) mass is 286 g/mol. The van der Waals surface area contributed by atoms with Gasteiger partial charge in [0.25, 0.3) is 0 Å². The third-order valence-corrected chi connectivity index (χ3v) is 4.53. The smallest absolute Gasteiger partial charge is 0.303 e. The Balaban J connectivity index is 1.76. The lowest BCUT2D eigenvalue weighted by molar-refractivity contribution is -0.140. The highest BCUT2D eigenvalue weighted by Gasteiger charge is 2.28. The molecular formula is C12H18N2O4S. The molecule has 7 heteroatoms. The number of aliphatic carboxylic acids is 1. The predicted molar refractivity (Wildman–Crippen MR) is 70.6 cm³/mol. The van der Waals surface area contributed by atoms with E-state index in [4.69, 9.17) is 5.11 Å². The molecule has 0 aromatic rings. The molecule has 0 aliphatic carbocycles. The molecule has 0 aromatic carbocycles. The minimum Gasteiger partial charge on any atom is -0.481 e. The van der Waals surface area contributed by atoms with Gasteiger partial charge in [0.1, 0.15) is 6.54 Å². The standard InChI is InChI=1S/C12H18N2O4S/c15-10(6-14-8-19-7-11(14)16)13-3-1-9(2-4-13)5-12(17)18/h9H,1-8H2,(H,17,18). The highest BCUT2D eigenvalue weighted by Crippen LogP contribution is 2.21. The summed E-state index contributed by atoms with van der Waals surface area (Å²) in [5.41, 5.74) is 0. The Hall–Kier alpha value is -1.24. The Labute approximate surface area is 116 Å². The van der Waals surface area contributed by atoms with Crippen LogP contribution in [0.1, 0.15) is 19.3 Å². The van der Waals surface area contributed by atoms with E-state index in [1.54, 1.807) is 9.80 Å². The number of nitrogens with zero attached hydrogens (tertiary/aromatic N) is 2. The summed E-state index contributed by atoms with van der Waals surface area (Å²) in [6.07, 6.45) is 1.66. The average molecular weight is 286 g/mol. The first-order chi connectivity index (χ1) is 9.06. The summed E-state index contributed by atoms with van der Waals surface area (Å²) >= 11 is 1.53. The number of carbonyl (C=O) groups is 3. The Bertz CT molecular complexity index is 380. The van der Waals surface area contributed by atoms with Crippen molar-refractivity contribution >= 4 is 29.5 Å². The normalized spacial score (nSPS) is 20.9. The van der Waals surface area contributed by atoms with Gasteiger partial charge in [0.2, 0.25) is 11.8 Å².